The molecule has 1 aromatic heterocycles. The molecule has 3 nitrogen and oxygen atoms in total. The molecule has 0 amide bonds. The number of rotatable bonds is 3. The quantitative estimate of drug-likeness (QED) is 0.828. The lowest BCUT2D eigenvalue weighted by Gasteiger charge is -2.20. The van der Waals surface area contributed by atoms with Crippen LogP contribution in [0, 0.1) is 16.7 Å². The number of nitrogens with zero attached hydrogens (tertiary/aromatic N) is 2. The average Bonchev–Trinajstić information content (AvgIpc) is 2.78. The van der Waals surface area contributed by atoms with Gasteiger partial charge in [-0.3, -0.25) is 0 Å². The Morgan fingerprint density at radius 2 is 2.24 bits per heavy atom. The van der Waals surface area contributed by atoms with E-state index >= 15 is 0 Å². The van der Waals surface area contributed by atoms with Gasteiger partial charge >= 0.3 is 0 Å². The standard InChI is InChI=1S/C13H18N2OS/c1-13(2,9-14)7-12-15-11(8-17-12)10-3-5-16-6-4-10/h8,10H,3-7H2,1-2H3. The number of thiazole rings is 1. The molecule has 1 fully saturated rings. The van der Waals surface area contributed by atoms with E-state index in [-0.39, 0.29) is 5.41 Å². The number of ether oxygens (including phenoxy) is 1. The Bertz CT molecular complexity index is 413. The molecule has 0 aromatic carbocycles. The molecule has 4 heteroatoms. The first-order chi connectivity index (χ1) is 8.11. The normalized spacial score (nSPS) is 17.9. The van der Waals surface area contributed by atoms with Gasteiger partial charge in [0.2, 0.25) is 0 Å². The highest BCUT2D eigenvalue weighted by Gasteiger charge is 2.22. The molecule has 0 atom stereocenters. The lowest BCUT2D eigenvalue weighted by molar-refractivity contribution is 0.0846. The predicted octanol–water partition coefficient (Wildman–Crippen LogP) is 3.13. The van der Waals surface area contributed by atoms with Gasteiger partial charge in [-0.25, -0.2) is 4.98 Å². The number of hydrogen-bond donors (Lipinski definition) is 0. The van der Waals surface area contributed by atoms with Gasteiger partial charge in [0.05, 0.1) is 22.2 Å². The van der Waals surface area contributed by atoms with Crippen LogP contribution in [0.1, 0.15) is 43.3 Å². The topological polar surface area (TPSA) is 45.9 Å². The summed E-state index contributed by atoms with van der Waals surface area (Å²) in [7, 11) is 0. The molecule has 0 radical (unpaired) electrons. The van der Waals surface area contributed by atoms with Crippen molar-refractivity contribution < 1.29 is 4.74 Å². The molecule has 92 valence electrons. The Kier molecular flexibility index (Phi) is 3.80. The first-order valence-electron chi connectivity index (χ1n) is 6.04. The van der Waals surface area contributed by atoms with Crippen molar-refractivity contribution in [1.82, 2.24) is 4.98 Å². The van der Waals surface area contributed by atoms with Crippen LogP contribution in [0.3, 0.4) is 0 Å². The van der Waals surface area contributed by atoms with E-state index < -0.39 is 0 Å². The average molecular weight is 250 g/mol. The van der Waals surface area contributed by atoms with Crippen molar-refractivity contribution in [2.24, 2.45) is 5.41 Å². The Morgan fingerprint density at radius 1 is 1.53 bits per heavy atom. The Morgan fingerprint density at radius 3 is 2.88 bits per heavy atom. The molecule has 0 saturated carbocycles. The van der Waals surface area contributed by atoms with Crippen LogP contribution in [0.15, 0.2) is 5.38 Å². The Hall–Kier alpha value is -0.920. The van der Waals surface area contributed by atoms with Crippen LogP contribution in [0.2, 0.25) is 0 Å². The van der Waals surface area contributed by atoms with E-state index in [1.54, 1.807) is 11.3 Å². The maximum absolute atomic E-state index is 9.02. The second kappa shape index (κ2) is 5.16. The summed E-state index contributed by atoms with van der Waals surface area (Å²) in [5, 5.41) is 12.3. The van der Waals surface area contributed by atoms with Crippen LogP contribution in [0.4, 0.5) is 0 Å². The molecule has 0 aliphatic carbocycles. The summed E-state index contributed by atoms with van der Waals surface area (Å²) in [6.07, 6.45) is 2.90. The molecular weight excluding hydrogens is 232 g/mol. The van der Waals surface area contributed by atoms with Crippen LogP contribution in [-0.4, -0.2) is 18.2 Å². The van der Waals surface area contributed by atoms with Crippen molar-refractivity contribution in [2.45, 2.75) is 39.0 Å². The highest BCUT2D eigenvalue weighted by Crippen LogP contribution is 2.30. The highest BCUT2D eigenvalue weighted by molar-refractivity contribution is 7.09. The van der Waals surface area contributed by atoms with Gasteiger partial charge in [-0.05, 0) is 26.7 Å². The van der Waals surface area contributed by atoms with Gasteiger partial charge in [0, 0.05) is 30.9 Å². The minimum absolute atomic E-state index is 0.315. The van der Waals surface area contributed by atoms with Crippen LogP contribution >= 0.6 is 11.3 Å². The van der Waals surface area contributed by atoms with E-state index in [9.17, 15) is 0 Å². The van der Waals surface area contributed by atoms with Crippen molar-refractivity contribution in [2.75, 3.05) is 13.2 Å². The first-order valence-corrected chi connectivity index (χ1v) is 6.92. The van der Waals surface area contributed by atoms with Gasteiger partial charge in [-0.15, -0.1) is 11.3 Å². The minimum Gasteiger partial charge on any atom is -0.381 e. The van der Waals surface area contributed by atoms with Crippen molar-refractivity contribution >= 4 is 11.3 Å². The summed E-state index contributed by atoms with van der Waals surface area (Å²) in [6, 6.07) is 2.33. The maximum atomic E-state index is 9.02. The van der Waals surface area contributed by atoms with Gasteiger partial charge in [0.25, 0.3) is 0 Å². The molecule has 0 spiro atoms. The lowest BCUT2D eigenvalue weighted by atomic mass is 9.92. The zero-order valence-electron chi connectivity index (χ0n) is 10.4. The maximum Gasteiger partial charge on any atom is 0.0944 e. The van der Waals surface area contributed by atoms with E-state index in [1.165, 1.54) is 5.69 Å². The van der Waals surface area contributed by atoms with E-state index in [0.29, 0.717) is 5.92 Å². The second-order valence-electron chi connectivity index (χ2n) is 5.23. The van der Waals surface area contributed by atoms with Crippen molar-refractivity contribution in [3.8, 4) is 6.07 Å². The molecule has 0 unspecified atom stereocenters. The fourth-order valence-corrected chi connectivity index (χ4v) is 3.11. The fraction of sp³-hybridized carbons (Fsp3) is 0.692. The first kappa shape index (κ1) is 12.5. The van der Waals surface area contributed by atoms with Gasteiger partial charge in [-0.1, -0.05) is 0 Å². The van der Waals surface area contributed by atoms with E-state index in [0.717, 1.165) is 37.5 Å². The molecular formula is C13H18N2OS. The number of nitriles is 1. The molecule has 17 heavy (non-hydrogen) atoms. The molecule has 1 saturated heterocycles. The van der Waals surface area contributed by atoms with Crippen LogP contribution in [0.5, 0.6) is 0 Å². The monoisotopic (exact) mass is 250 g/mol. The molecule has 0 N–H and O–H groups in total. The van der Waals surface area contributed by atoms with E-state index in [4.69, 9.17) is 10.00 Å². The zero-order chi connectivity index (χ0) is 12.3. The highest BCUT2D eigenvalue weighted by atomic mass is 32.1. The number of hydrogen-bond acceptors (Lipinski definition) is 4. The second-order valence-corrected chi connectivity index (χ2v) is 6.17. The van der Waals surface area contributed by atoms with Crippen LogP contribution in [-0.2, 0) is 11.2 Å². The summed E-state index contributed by atoms with van der Waals surface area (Å²) in [5.41, 5.74) is 0.882. The summed E-state index contributed by atoms with van der Waals surface area (Å²) >= 11 is 1.68. The Balaban J connectivity index is 2.03. The lowest BCUT2D eigenvalue weighted by Crippen LogP contribution is -2.15. The molecule has 2 heterocycles. The predicted molar refractivity (Wildman–Crippen MR) is 68.0 cm³/mol. The van der Waals surface area contributed by atoms with E-state index in [2.05, 4.69) is 16.4 Å². The molecule has 1 aromatic rings. The van der Waals surface area contributed by atoms with Crippen LogP contribution in [0.25, 0.3) is 0 Å². The van der Waals surface area contributed by atoms with Gasteiger partial charge in [0.1, 0.15) is 0 Å². The van der Waals surface area contributed by atoms with Crippen LogP contribution < -0.4 is 0 Å². The van der Waals surface area contributed by atoms with Crippen molar-refractivity contribution in [3.05, 3.63) is 16.1 Å². The molecule has 1 aliphatic heterocycles. The third-order valence-electron chi connectivity index (χ3n) is 3.10. The van der Waals surface area contributed by atoms with E-state index in [1.807, 2.05) is 13.8 Å². The van der Waals surface area contributed by atoms with Gasteiger partial charge < -0.3 is 4.74 Å². The third kappa shape index (κ3) is 3.27. The molecule has 0 bridgehead atoms. The summed E-state index contributed by atoms with van der Waals surface area (Å²) in [5.74, 6) is 0.555. The molecule has 1 aliphatic rings. The zero-order valence-corrected chi connectivity index (χ0v) is 11.2. The fourth-order valence-electron chi connectivity index (χ4n) is 2.00. The summed E-state index contributed by atoms with van der Waals surface area (Å²) < 4.78 is 5.36. The summed E-state index contributed by atoms with van der Waals surface area (Å²) in [4.78, 5) is 4.68. The Labute approximate surface area is 106 Å². The molecule has 2 rings (SSSR count). The summed E-state index contributed by atoms with van der Waals surface area (Å²) in [6.45, 7) is 5.62. The SMILES string of the molecule is CC(C)(C#N)Cc1nc(C2CCOCC2)cs1. The van der Waals surface area contributed by atoms with Gasteiger partial charge in [-0.2, -0.15) is 5.26 Å². The van der Waals surface area contributed by atoms with Crippen molar-refractivity contribution in [1.29, 1.82) is 5.26 Å². The third-order valence-corrected chi connectivity index (χ3v) is 3.97. The van der Waals surface area contributed by atoms with Crippen molar-refractivity contribution in [3.63, 3.8) is 0 Å². The smallest absolute Gasteiger partial charge is 0.0944 e. The largest absolute Gasteiger partial charge is 0.381 e. The van der Waals surface area contributed by atoms with Gasteiger partial charge in [0.15, 0.2) is 0 Å². The minimum atomic E-state index is -0.315. The number of aromatic nitrogens is 1.